The zero-order valence-electron chi connectivity index (χ0n) is 11.0. The normalized spacial score (nSPS) is 10.1. The minimum atomic E-state index is -0.732. The number of hydrogen-bond donors (Lipinski definition) is 1. The SMILES string of the molecule is COc1ccc(C(=O)n2ccc(N)nc2=O)cc1OC. The molecule has 2 aromatic rings. The molecule has 104 valence electrons. The van der Waals surface area contributed by atoms with E-state index in [1.165, 1.54) is 38.6 Å². The number of nitrogens with two attached hydrogens (primary N) is 1. The number of ether oxygens (including phenoxy) is 2. The van der Waals surface area contributed by atoms with Crippen LogP contribution < -0.4 is 20.9 Å². The van der Waals surface area contributed by atoms with Gasteiger partial charge in [-0.25, -0.2) is 9.36 Å². The van der Waals surface area contributed by atoms with Crippen molar-refractivity contribution in [3.05, 3.63) is 46.5 Å². The van der Waals surface area contributed by atoms with E-state index in [2.05, 4.69) is 4.98 Å². The van der Waals surface area contributed by atoms with E-state index in [1.54, 1.807) is 6.07 Å². The van der Waals surface area contributed by atoms with Crippen molar-refractivity contribution >= 4 is 11.7 Å². The number of rotatable bonds is 3. The van der Waals surface area contributed by atoms with Crippen LogP contribution in [-0.2, 0) is 0 Å². The maximum Gasteiger partial charge on any atom is 0.356 e. The van der Waals surface area contributed by atoms with Crippen LogP contribution in [0.15, 0.2) is 35.3 Å². The minimum Gasteiger partial charge on any atom is -0.493 e. The van der Waals surface area contributed by atoms with Gasteiger partial charge in [0.2, 0.25) is 0 Å². The van der Waals surface area contributed by atoms with Crippen LogP contribution in [0.2, 0.25) is 0 Å². The number of carbonyl (C=O) groups is 1. The largest absolute Gasteiger partial charge is 0.493 e. The standard InChI is InChI=1S/C13H13N3O4/c1-19-9-4-3-8(7-10(9)20-2)12(17)16-6-5-11(14)15-13(16)18/h3-7H,1-2H3,(H2,14,15,18). The van der Waals surface area contributed by atoms with Crippen LogP contribution in [0.25, 0.3) is 0 Å². The molecule has 0 fully saturated rings. The quantitative estimate of drug-likeness (QED) is 0.877. The second-order valence-corrected chi connectivity index (χ2v) is 3.88. The van der Waals surface area contributed by atoms with Gasteiger partial charge < -0.3 is 15.2 Å². The van der Waals surface area contributed by atoms with Crippen molar-refractivity contribution in [1.82, 2.24) is 9.55 Å². The summed E-state index contributed by atoms with van der Waals surface area (Å²) < 4.78 is 11.1. The van der Waals surface area contributed by atoms with Crippen LogP contribution in [0.3, 0.4) is 0 Å². The average Bonchev–Trinajstić information content (AvgIpc) is 2.45. The van der Waals surface area contributed by atoms with Gasteiger partial charge in [-0.2, -0.15) is 4.98 Å². The fourth-order valence-corrected chi connectivity index (χ4v) is 1.68. The first kappa shape index (κ1) is 13.6. The van der Waals surface area contributed by atoms with E-state index in [0.717, 1.165) is 4.57 Å². The molecule has 0 amide bonds. The van der Waals surface area contributed by atoms with Gasteiger partial charge >= 0.3 is 5.69 Å². The van der Waals surface area contributed by atoms with E-state index in [-0.39, 0.29) is 11.4 Å². The van der Waals surface area contributed by atoms with Crippen molar-refractivity contribution in [2.45, 2.75) is 0 Å². The van der Waals surface area contributed by atoms with E-state index in [4.69, 9.17) is 15.2 Å². The van der Waals surface area contributed by atoms with E-state index in [1.807, 2.05) is 0 Å². The topological polar surface area (TPSA) is 96.4 Å². The number of nitrogen functional groups attached to an aromatic ring is 1. The Labute approximate surface area is 114 Å². The van der Waals surface area contributed by atoms with Crippen LogP contribution in [0.5, 0.6) is 11.5 Å². The van der Waals surface area contributed by atoms with Crippen LogP contribution in [0.4, 0.5) is 5.82 Å². The molecule has 0 aliphatic carbocycles. The average molecular weight is 275 g/mol. The van der Waals surface area contributed by atoms with Crippen molar-refractivity contribution in [2.24, 2.45) is 0 Å². The number of anilines is 1. The lowest BCUT2D eigenvalue weighted by atomic mass is 10.2. The van der Waals surface area contributed by atoms with Gasteiger partial charge in [0.1, 0.15) is 5.82 Å². The second kappa shape index (κ2) is 5.43. The predicted molar refractivity (Wildman–Crippen MR) is 72.2 cm³/mol. The highest BCUT2D eigenvalue weighted by molar-refractivity contribution is 5.96. The molecular formula is C13H13N3O4. The third-order valence-corrected chi connectivity index (χ3v) is 2.67. The molecule has 1 heterocycles. The maximum atomic E-state index is 12.2. The highest BCUT2D eigenvalue weighted by Crippen LogP contribution is 2.27. The van der Waals surface area contributed by atoms with Crippen molar-refractivity contribution in [1.29, 1.82) is 0 Å². The summed E-state index contributed by atoms with van der Waals surface area (Å²) >= 11 is 0. The lowest BCUT2D eigenvalue weighted by Crippen LogP contribution is -2.29. The molecule has 0 spiro atoms. The molecule has 0 saturated heterocycles. The van der Waals surface area contributed by atoms with Crippen molar-refractivity contribution < 1.29 is 14.3 Å². The number of hydrogen-bond acceptors (Lipinski definition) is 6. The number of benzene rings is 1. The Morgan fingerprint density at radius 3 is 2.50 bits per heavy atom. The summed E-state index contributed by atoms with van der Waals surface area (Å²) in [6, 6.07) is 5.98. The fraction of sp³-hybridized carbons (Fsp3) is 0.154. The Bertz CT molecular complexity index is 709. The van der Waals surface area contributed by atoms with Gasteiger partial charge in [-0.3, -0.25) is 4.79 Å². The summed E-state index contributed by atoms with van der Waals surface area (Å²) in [5, 5.41) is 0. The molecular weight excluding hydrogens is 262 g/mol. The predicted octanol–water partition coefficient (Wildman–Crippen LogP) is 0.531. The van der Waals surface area contributed by atoms with Crippen LogP contribution in [-0.4, -0.2) is 29.7 Å². The highest BCUT2D eigenvalue weighted by atomic mass is 16.5. The smallest absolute Gasteiger partial charge is 0.356 e. The van der Waals surface area contributed by atoms with E-state index >= 15 is 0 Å². The molecule has 1 aromatic heterocycles. The first-order valence-corrected chi connectivity index (χ1v) is 5.68. The number of carbonyl (C=O) groups excluding carboxylic acids is 1. The minimum absolute atomic E-state index is 0.0614. The zero-order valence-corrected chi connectivity index (χ0v) is 11.0. The third kappa shape index (κ3) is 2.46. The van der Waals surface area contributed by atoms with Gasteiger partial charge in [-0.15, -0.1) is 0 Å². The Balaban J connectivity index is 2.45. The Morgan fingerprint density at radius 1 is 1.20 bits per heavy atom. The fourth-order valence-electron chi connectivity index (χ4n) is 1.68. The Hall–Kier alpha value is -2.83. The zero-order chi connectivity index (χ0) is 14.7. The van der Waals surface area contributed by atoms with Crippen LogP contribution in [0, 0.1) is 0 Å². The lowest BCUT2D eigenvalue weighted by molar-refractivity contribution is 0.0954. The van der Waals surface area contributed by atoms with E-state index in [9.17, 15) is 9.59 Å². The second-order valence-electron chi connectivity index (χ2n) is 3.88. The molecule has 0 radical (unpaired) electrons. The van der Waals surface area contributed by atoms with Crippen molar-refractivity contribution in [2.75, 3.05) is 20.0 Å². The molecule has 2 rings (SSSR count). The van der Waals surface area contributed by atoms with Gasteiger partial charge in [0.05, 0.1) is 14.2 Å². The summed E-state index contributed by atoms with van der Waals surface area (Å²) in [4.78, 5) is 27.4. The summed E-state index contributed by atoms with van der Waals surface area (Å²) in [5.74, 6) is 0.427. The molecule has 2 N–H and O–H groups in total. The Morgan fingerprint density at radius 2 is 1.90 bits per heavy atom. The van der Waals surface area contributed by atoms with E-state index in [0.29, 0.717) is 11.5 Å². The van der Waals surface area contributed by atoms with Crippen molar-refractivity contribution in [3.8, 4) is 11.5 Å². The maximum absolute atomic E-state index is 12.2. The third-order valence-electron chi connectivity index (χ3n) is 2.67. The molecule has 7 heteroatoms. The summed E-state index contributed by atoms with van der Waals surface area (Å²) in [6.45, 7) is 0. The van der Waals surface area contributed by atoms with Crippen molar-refractivity contribution in [3.63, 3.8) is 0 Å². The molecule has 0 saturated carbocycles. The first-order chi connectivity index (χ1) is 9.56. The molecule has 0 atom stereocenters. The van der Waals surface area contributed by atoms with Gasteiger partial charge in [0.15, 0.2) is 11.5 Å². The number of methoxy groups -OCH3 is 2. The first-order valence-electron chi connectivity index (χ1n) is 5.68. The molecule has 0 aliphatic heterocycles. The highest BCUT2D eigenvalue weighted by Gasteiger charge is 2.14. The van der Waals surface area contributed by atoms with Gasteiger partial charge in [0.25, 0.3) is 5.91 Å². The summed E-state index contributed by atoms with van der Waals surface area (Å²) in [6.07, 6.45) is 1.28. The monoisotopic (exact) mass is 275 g/mol. The van der Waals surface area contributed by atoms with Crippen LogP contribution >= 0.6 is 0 Å². The molecule has 0 aliphatic rings. The Kier molecular flexibility index (Phi) is 3.69. The van der Waals surface area contributed by atoms with E-state index < -0.39 is 11.6 Å². The lowest BCUT2D eigenvalue weighted by Gasteiger charge is -2.09. The van der Waals surface area contributed by atoms with Crippen LogP contribution in [0.1, 0.15) is 10.4 Å². The molecule has 0 bridgehead atoms. The number of aromatic nitrogens is 2. The molecule has 20 heavy (non-hydrogen) atoms. The molecule has 0 unspecified atom stereocenters. The van der Waals surface area contributed by atoms with Gasteiger partial charge in [0, 0.05) is 11.8 Å². The molecule has 7 nitrogen and oxygen atoms in total. The van der Waals surface area contributed by atoms with Gasteiger partial charge in [-0.05, 0) is 24.3 Å². The summed E-state index contributed by atoms with van der Waals surface area (Å²) in [5.41, 5.74) is 4.92. The summed E-state index contributed by atoms with van der Waals surface area (Å²) in [7, 11) is 2.96. The number of nitrogens with zero attached hydrogens (tertiary/aromatic N) is 2. The van der Waals surface area contributed by atoms with Gasteiger partial charge in [-0.1, -0.05) is 0 Å². The molecule has 1 aromatic carbocycles.